The maximum absolute atomic E-state index is 13.3. The smallest absolute Gasteiger partial charge is 0.258 e. The van der Waals surface area contributed by atoms with Crippen molar-refractivity contribution in [3.63, 3.8) is 0 Å². The summed E-state index contributed by atoms with van der Waals surface area (Å²) < 4.78 is 34.6. The van der Waals surface area contributed by atoms with Crippen LogP contribution >= 0.6 is 43.2 Å². The first kappa shape index (κ1) is 29.2. The highest BCUT2D eigenvalue weighted by molar-refractivity contribution is 9.13. The molecule has 12 heteroatoms. The third kappa shape index (κ3) is 5.71. The summed E-state index contributed by atoms with van der Waals surface area (Å²) in [5.41, 5.74) is 3.47. The number of allylic oxidation sites excluding steroid dienone is 2. The Labute approximate surface area is 244 Å². The Bertz CT molecular complexity index is 1380. The van der Waals surface area contributed by atoms with Crippen molar-refractivity contribution in [2.45, 2.75) is 30.4 Å². The number of rotatable bonds is 9. The summed E-state index contributed by atoms with van der Waals surface area (Å²) in [7, 11) is -2.08. The lowest BCUT2D eigenvalue weighted by atomic mass is 9.97. The highest BCUT2D eigenvalue weighted by Crippen LogP contribution is 2.42. The van der Waals surface area contributed by atoms with Gasteiger partial charge in [0.1, 0.15) is 4.21 Å². The number of methoxy groups -OCH3 is 1. The maximum atomic E-state index is 13.3. The summed E-state index contributed by atoms with van der Waals surface area (Å²) in [6.07, 6.45) is 5.16. The first-order valence-electron chi connectivity index (χ1n) is 12.1. The van der Waals surface area contributed by atoms with Crippen LogP contribution in [0.3, 0.4) is 0 Å². The molecule has 2 aromatic rings. The van der Waals surface area contributed by atoms with E-state index in [-0.39, 0.29) is 22.6 Å². The quantitative estimate of drug-likeness (QED) is 0.275. The number of amides is 2. The zero-order valence-electron chi connectivity index (χ0n) is 21.1. The van der Waals surface area contributed by atoms with Crippen molar-refractivity contribution in [2.75, 3.05) is 43.6 Å². The molecule has 0 radical (unpaired) electrons. The molecule has 0 spiro atoms. The number of carbonyl (C=O) groups excluding carboxylic acids is 2. The van der Waals surface area contributed by atoms with Crippen LogP contribution in [0.25, 0.3) is 5.57 Å². The normalized spacial score (nSPS) is 19.2. The van der Waals surface area contributed by atoms with E-state index in [2.05, 4.69) is 43.8 Å². The van der Waals surface area contributed by atoms with Crippen LogP contribution in [0.5, 0.6) is 0 Å². The number of piperidine rings is 1. The highest BCUT2D eigenvalue weighted by atomic mass is 79.9. The van der Waals surface area contributed by atoms with E-state index in [1.807, 2.05) is 13.0 Å². The van der Waals surface area contributed by atoms with Crippen molar-refractivity contribution in [3.05, 3.63) is 56.3 Å². The molecule has 1 aromatic heterocycles. The van der Waals surface area contributed by atoms with Crippen molar-refractivity contribution >= 4 is 82.0 Å². The molecule has 0 aliphatic carbocycles. The van der Waals surface area contributed by atoms with E-state index in [9.17, 15) is 18.0 Å². The van der Waals surface area contributed by atoms with Gasteiger partial charge in [-0.05, 0) is 87.9 Å². The molecule has 1 aromatic carbocycles. The number of benzene rings is 1. The summed E-state index contributed by atoms with van der Waals surface area (Å²) in [5, 5.41) is 3.00. The lowest BCUT2D eigenvalue weighted by Gasteiger charge is -2.31. The molecule has 3 heterocycles. The summed E-state index contributed by atoms with van der Waals surface area (Å²) in [6.45, 7) is 7.17. The minimum Gasteiger partial charge on any atom is -0.385 e. The topological polar surface area (TPSA) is 96.0 Å². The van der Waals surface area contributed by atoms with Crippen LogP contribution in [0.15, 0.2) is 49.4 Å². The van der Waals surface area contributed by atoms with Crippen LogP contribution in [0.2, 0.25) is 0 Å². The van der Waals surface area contributed by atoms with Gasteiger partial charge in [0.25, 0.3) is 15.9 Å². The van der Waals surface area contributed by atoms with E-state index < -0.39 is 15.9 Å². The molecule has 4 rings (SSSR count). The number of hydrogen-bond donors (Lipinski definition) is 1. The molecule has 0 bridgehead atoms. The van der Waals surface area contributed by atoms with Crippen LogP contribution in [0.1, 0.15) is 30.4 Å². The van der Waals surface area contributed by atoms with Gasteiger partial charge in [0.05, 0.1) is 15.4 Å². The molecule has 1 fully saturated rings. The fraction of sp³-hybridized carbons (Fsp3) is 0.385. The van der Waals surface area contributed by atoms with Crippen molar-refractivity contribution in [1.29, 1.82) is 0 Å². The Hall–Kier alpha value is -1.83. The maximum Gasteiger partial charge on any atom is 0.258 e. The van der Waals surface area contributed by atoms with Gasteiger partial charge in [-0.15, -0.1) is 11.3 Å². The lowest BCUT2D eigenvalue weighted by molar-refractivity contribution is -0.121. The van der Waals surface area contributed by atoms with Gasteiger partial charge >= 0.3 is 0 Å². The second kappa shape index (κ2) is 12.1. The van der Waals surface area contributed by atoms with Crippen molar-refractivity contribution in [1.82, 2.24) is 4.31 Å². The number of thiophene rings is 1. The largest absolute Gasteiger partial charge is 0.385 e. The van der Waals surface area contributed by atoms with Gasteiger partial charge in [0.15, 0.2) is 0 Å². The number of ether oxygens (including phenoxy) is 1. The number of fused-ring (bicyclic) bond motifs is 1. The van der Waals surface area contributed by atoms with E-state index in [1.165, 1.54) is 4.31 Å². The number of nitrogens with one attached hydrogen (secondary N) is 1. The van der Waals surface area contributed by atoms with Gasteiger partial charge in [0, 0.05) is 54.6 Å². The molecule has 1 unspecified atom stereocenters. The summed E-state index contributed by atoms with van der Waals surface area (Å²) in [5.74, 6) is -0.840. The second-order valence-electron chi connectivity index (χ2n) is 9.13. The van der Waals surface area contributed by atoms with E-state index in [0.717, 1.165) is 28.2 Å². The Morgan fingerprint density at radius 3 is 2.76 bits per heavy atom. The molecule has 1 N–H and O–H groups in total. The Balaban J connectivity index is 1.55. The van der Waals surface area contributed by atoms with E-state index in [1.54, 1.807) is 36.3 Å². The molecule has 0 saturated carbocycles. The molecule has 2 aliphatic heterocycles. The van der Waals surface area contributed by atoms with Crippen LogP contribution in [0, 0.1) is 12.8 Å². The van der Waals surface area contributed by atoms with E-state index >= 15 is 0 Å². The molecule has 2 aliphatic rings. The van der Waals surface area contributed by atoms with Crippen molar-refractivity contribution in [3.8, 4) is 0 Å². The van der Waals surface area contributed by atoms with Crippen LogP contribution in [-0.2, 0) is 24.3 Å². The third-order valence-corrected chi connectivity index (χ3v) is 12.3. The first-order valence-corrected chi connectivity index (χ1v) is 16.0. The highest BCUT2D eigenvalue weighted by Gasteiger charge is 2.36. The van der Waals surface area contributed by atoms with Crippen LogP contribution in [-0.4, -0.2) is 57.9 Å². The van der Waals surface area contributed by atoms with E-state index in [0.29, 0.717) is 58.5 Å². The number of nitrogens with zero attached hydrogens (tertiary/aromatic N) is 2. The Morgan fingerprint density at radius 2 is 2.11 bits per heavy atom. The second-order valence-corrected chi connectivity index (χ2v) is 14.5. The summed E-state index contributed by atoms with van der Waals surface area (Å²) >= 11 is 7.84. The molecule has 8 nitrogen and oxygen atoms in total. The first-order chi connectivity index (χ1) is 18.1. The Kier molecular flexibility index (Phi) is 9.31. The summed E-state index contributed by atoms with van der Waals surface area (Å²) in [4.78, 5) is 28.2. The zero-order valence-corrected chi connectivity index (χ0v) is 25.9. The standard InChI is InChI=1S/C26H29Br2N3O5S2/c1-4-7-18-23-16(2)20(9-10-21(23)31(26(18)33)12-6-13-36-3)29-25(32)17-8-5-11-30(15-17)38(34,35)22-14-19(27)24(28)37-22/h4,7,9-10,14,17H,1,5-6,8,11-13,15H2,2-3H3,(H,29,32)/b18-7+. The van der Waals surface area contributed by atoms with Crippen LogP contribution in [0.4, 0.5) is 11.4 Å². The number of anilines is 2. The van der Waals surface area contributed by atoms with Crippen molar-refractivity contribution < 1.29 is 22.7 Å². The van der Waals surface area contributed by atoms with Gasteiger partial charge in [0.2, 0.25) is 5.91 Å². The molecule has 38 heavy (non-hydrogen) atoms. The number of carbonyl (C=O) groups is 2. The molecule has 1 atom stereocenters. The predicted octanol–water partition coefficient (Wildman–Crippen LogP) is 5.57. The molecular weight excluding hydrogens is 658 g/mol. The third-order valence-electron chi connectivity index (χ3n) is 6.72. The fourth-order valence-corrected chi connectivity index (χ4v) is 9.31. The predicted molar refractivity (Wildman–Crippen MR) is 158 cm³/mol. The number of hydrogen-bond acceptors (Lipinski definition) is 6. The molecule has 204 valence electrons. The number of sulfonamides is 1. The van der Waals surface area contributed by atoms with Crippen LogP contribution < -0.4 is 10.2 Å². The van der Waals surface area contributed by atoms with Gasteiger partial charge in [-0.3, -0.25) is 9.59 Å². The van der Waals surface area contributed by atoms with Gasteiger partial charge in [-0.25, -0.2) is 8.42 Å². The SMILES string of the molecule is C=C/C=C1/C(=O)N(CCCOC)c2ccc(NC(=O)C3CCCN(S(=O)(=O)c4cc(Br)c(Br)s4)C3)c(C)c21. The minimum atomic E-state index is -3.71. The molecular formula is C26H29Br2N3O5S2. The lowest BCUT2D eigenvalue weighted by Crippen LogP contribution is -2.43. The van der Waals surface area contributed by atoms with E-state index in [4.69, 9.17) is 4.74 Å². The van der Waals surface area contributed by atoms with Gasteiger partial charge in [-0.2, -0.15) is 4.31 Å². The van der Waals surface area contributed by atoms with Gasteiger partial charge in [-0.1, -0.05) is 12.7 Å². The molecule has 1 saturated heterocycles. The van der Waals surface area contributed by atoms with Crippen molar-refractivity contribution in [2.24, 2.45) is 5.92 Å². The number of halogens is 2. The minimum absolute atomic E-state index is 0.109. The monoisotopic (exact) mass is 685 g/mol. The summed E-state index contributed by atoms with van der Waals surface area (Å²) in [6, 6.07) is 5.23. The Morgan fingerprint density at radius 1 is 1.34 bits per heavy atom. The zero-order chi connectivity index (χ0) is 27.6. The average Bonchev–Trinajstić information content (AvgIpc) is 3.38. The average molecular weight is 687 g/mol. The fourth-order valence-electron chi connectivity index (χ4n) is 4.81. The van der Waals surface area contributed by atoms with Gasteiger partial charge < -0.3 is 15.0 Å². The molecule has 2 amide bonds.